The molecular weight excluding hydrogens is 321 g/mol. The van der Waals surface area contributed by atoms with Crippen LogP contribution < -0.4 is 11.5 Å². The lowest BCUT2D eigenvalue weighted by molar-refractivity contribution is -0.0142. The molecule has 3 heterocycles. The number of anilines is 1. The van der Waals surface area contributed by atoms with Crippen LogP contribution in [0.15, 0.2) is 12.4 Å². The number of ether oxygens (including phenoxy) is 1. The Bertz CT molecular complexity index is 778. The zero-order valence-electron chi connectivity index (χ0n) is 12.7. The first kappa shape index (κ1) is 16.0. The molecule has 0 spiro atoms. The lowest BCUT2D eigenvalue weighted by Crippen LogP contribution is -2.31. The molecule has 23 heavy (non-hydrogen) atoms. The molecule has 2 aromatic heterocycles. The molecule has 7 nitrogen and oxygen atoms in total. The standard InChI is InChI=1S/C14H18FN5O2S/c1-14(2)10(15)8(4-21)22-11(14)7-3-6(13(17)23)9-12(16)18-5-19-20(7)9/h3,5,8,10-11,21H,4H2,1-2H3,(H2,17,23)(H2,16,18,19)/t8-,10-,11+/m1/s1. The van der Waals surface area contributed by atoms with Crippen LogP contribution in [0.2, 0.25) is 0 Å². The lowest BCUT2D eigenvalue weighted by Gasteiger charge is -2.26. The molecule has 1 aliphatic rings. The van der Waals surface area contributed by atoms with Gasteiger partial charge in [-0.1, -0.05) is 26.1 Å². The molecule has 0 unspecified atom stereocenters. The maximum Gasteiger partial charge on any atom is 0.152 e. The minimum absolute atomic E-state index is 0.140. The molecule has 3 atom stereocenters. The van der Waals surface area contributed by atoms with E-state index in [1.165, 1.54) is 10.8 Å². The van der Waals surface area contributed by atoms with Crippen molar-refractivity contribution in [1.29, 1.82) is 0 Å². The number of fused-ring (bicyclic) bond motifs is 1. The Hall–Kier alpha value is -1.84. The second-order valence-corrected chi connectivity index (χ2v) is 6.65. The topological polar surface area (TPSA) is 112 Å². The first-order chi connectivity index (χ1) is 10.8. The molecule has 0 aromatic carbocycles. The van der Waals surface area contributed by atoms with Crippen molar-refractivity contribution in [2.75, 3.05) is 12.3 Å². The molecule has 3 rings (SSSR count). The molecule has 0 aliphatic carbocycles. The van der Waals surface area contributed by atoms with Crippen LogP contribution >= 0.6 is 12.2 Å². The SMILES string of the molecule is CC1(C)[C@H](F)[C@@H](CO)O[C@H]1c1cc(C(N)=S)c2c(N)ncnn12. The Labute approximate surface area is 137 Å². The third kappa shape index (κ3) is 2.27. The van der Waals surface area contributed by atoms with E-state index in [2.05, 4.69) is 10.1 Å². The monoisotopic (exact) mass is 339 g/mol. The normalized spacial score (nSPS) is 26.7. The van der Waals surface area contributed by atoms with Crippen LogP contribution in [0.5, 0.6) is 0 Å². The van der Waals surface area contributed by atoms with Crippen LogP contribution in [-0.4, -0.2) is 43.6 Å². The largest absolute Gasteiger partial charge is 0.394 e. The van der Waals surface area contributed by atoms with Gasteiger partial charge in [0.1, 0.15) is 35.2 Å². The highest BCUT2D eigenvalue weighted by Gasteiger charge is 2.52. The predicted octanol–water partition coefficient (Wildman–Crippen LogP) is 0.742. The molecule has 124 valence electrons. The van der Waals surface area contributed by atoms with E-state index in [-0.39, 0.29) is 10.8 Å². The third-order valence-electron chi connectivity index (χ3n) is 4.35. The smallest absolute Gasteiger partial charge is 0.152 e. The van der Waals surface area contributed by atoms with Crippen molar-refractivity contribution in [2.24, 2.45) is 11.1 Å². The van der Waals surface area contributed by atoms with Crippen LogP contribution in [0.3, 0.4) is 0 Å². The molecule has 0 radical (unpaired) electrons. The van der Waals surface area contributed by atoms with Crippen molar-refractivity contribution >= 4 is 28.5 Å². The van der Waals surface area contributed by atoms with E-state index >= 15 is 0 Å². The fourth-order valence-electron chi connectivity index (χ4n) is 3.10. The summed E-state index contributed by atoms with van der Waals surface area (Å²) in [7, 11) is 0. The number of alkyl halides is 1. The summed E-state index contributed by atoms with van der Waals surface area (Å²) in [5, 5.41) is 13.5. The minimum atomic E-state index is -1.32. The maximum absolute atomic E-state index is 14.5. The quantitative estimate of drug-likeness (QED) is 0.707. The molecule has 1 fully saturated rings. The molecule has 0 bridgehead atoms. The van der Waals surface area contributed by atoms with Gasteiger partial charge >= 0.3 is 0 Å². The van der Waals surface area contributed by atoms with Crippen molar-refractivity contribution in [3.05, 3.63) is 23.7 Å². The van der Waals surface area contributed by atoms with Crippen LogP contribution in [0.4, 0.5) is 10.2 Å². The fraction of sp³-hybridized carbons (Fsp3) is 0.500. The number of rotatable bonds is 3. The van der Waals surface area contributed by atoms with Crippen molar-refractivity contribution in [3.8, 4) is 0 Å². The number of thiocarbonyl (C=S) groups is 1. The van der Waals surface area contributed by atoms with Crippen molar-refractivity contribution in [1.82, 2.24) is 14.6 Å². The molecule has 1 aliphatic heterocycles. The zero-order valence-corrected chi connectivity index (χ0v) is 13.5. The number of halogens is 1. The van der Waals surface area contributed by atoms with Gasteiger partial charge in [0.05, 0.1) is 12.3 Å². The summed E-state index contributed by atoms with van der Waals surface area (Å²) < 4.78 is 21.8. The molecular formula is C14H18FN5O2S. The Morgan fingerprint density at radius 1 is 1.57 bits per heavy atom. The average Bonchev–Trinajstić information content (AvgIpc) is 2.97. The molecule has 2 aromatic rings. The molecule has 0 saturated carbocycles. The van der Waals surface area contributed by atoms with E-state index < -0.39 is 30.4 Å². The van der Waals surface area contributed by atoms with E-state index in [0.717, 1.165) is 0 Å². The molecule has 5 N–H and O–H groups in total. The summed E-state index contributed by atoms with van der Waals surface area (Å²) in [5.41, 5.74) is 12.4. The Morgan fingerprint density at radius 2 is 2.26 bits per heavy atom. The van der Waals surface area contributed by atoms with Crippen LogP contribution in [0.25, 0.3) is 5.52 Å². The van der Waals surface area contributed by atoms with Gasteiger partial charge in [-0.25, -0.2) is 13.9 Å². The second-order valence-electron chi connectivity index (χ2n) is 6.21. The lowest BCUT2D eigenvalue weighted by atomic mass is 9.81. The van der Waals surface area contributed by atoms with Gasteiger partial charge in [0, 0.05) is 11.0 Å². The van der Waals surface area contributed by atoms with E-state index in [9.17, 15) is 9.50 Å². The molecule has 1 saturated heterocycles. The third-order valence-corrected chi connectivity index (χ3v) is 4.57. The highest BCUT2D eigenvalue weighted by atomic mass is 32.1. The van der Waals surface area contributed by atoms with E-state index in [1.807, 2.05) is 0 Å². The van der Waals surface area contributed by atoms with Gasteiger partial charge in [0.25, 0.3) is 0 Å². The van der Waals surface area contributed by atoms with Crippen molar-refractivity contribution < 1.29 is 14.2 Å². The van der Waals surface area contributed by atoms with Crippen LogP contribution in [0, 0.1) is 5.41 Å². The van der Waals surface area contributed by atoms with E-state index in [4.69, 9.17) is 28.4 Å². The summed E-state index contributed by atoms with van der Waals surface area (Å²) in [4.78, 5) is 4.09. The number of hydrogen-bond donors (Lipinski definition) is 3. The number of aliphatic hydroxyl groups excluding tert-OH is 1. The summed E-state index contributed by atoms with van der Waals surface area (Å²) in [5.74, 6) is 0.223. The van der Waals surface area contributed by atoms with Gasteiger partial charge in [-0.2, -0.15) is 5.10 Å². The Morgan fingerprint density at radius 3 is 2.83 bits per heavy atom. The van der Waals surface area contributed by atoms with Crippen LogP contribution in [0.1, 0.15) is 31.2 Å². The summed E-state index contributed by atoms with van der Waals surface area (Å²) >= 11 is 5.06. The maximum atomic E-state index is 14.5. The average molecular weight is 339 g/mol. The molecule has 0 amide bonds. The number of aliphatic hydroxyl groups is 1. The van der Waals surface area contributed by atoms with Gasteiger partial charge in [0.2, 0.25) is 0 Å². The predicted molar refractivity (Wildman–Crippen MR) is 86.7 cm³/mol. The van der Waals surface area contributed by atoms with Crippen molar-refractivity contribution in [2.45, 2.75) is 32.2 Å². The number of nitrogens with two attached hydrogens (primary N) is 2. The first-order valence-electron chi connectivity index (χ1n) is 7.11. The number of nitrogen functional groups attached to an aromatic ring is 1. The van der Waals surface area contributed by atoms with Gasteiger partial charge in [-0.05, 0) is 6.07 Å². The minimum Gasteiger partial charge on any atom is -0.394 e. The Kier molecular flexibility index (Phi) is 3.74. The van der Waals surface area contributed by atoms with Gasteiger partial charge in [-0.15, -0.1) is 0 Å². The van der Waals surface area contributed by atoms with Gasteiger partial charge < -0.3 is 21.3 Å². The number of nitrogens with zero attached hydrogens (tertiary/aromatic N) is 3. The summed E-state index contributed by atoms with van der Waals surface area (Å²) in [6.45, 7) is 3.08. The highest BCUT2D eigenvalue weighted by molar-refractivity contribution is 7.80. The molecule has 9 heteroatoms. The van der Waals surface area contributed by atoms with Gasteiger partial charge in [-0.3, -0.25) is 0 Å². The number of hydrogen-bond acceptors (Lipinski definition) is 6. The Balaban J connectivity index is 2.21. The first-order valence-corrected chi connectivity index (χ1v) is 7.52. The zero-order chi connectivity index (χ0) is 16.9. The second kappa shape index (κ2) is 5.36. The fourth-order valence-corrected chi connectivity index (χ4v) is 3.25. The highest BCUT2D eigenvalue weighted by Crippen LogP contribution is 2.49. The van der Waals surface area contributed by atoms with E-state index in [0.29, 0.717) is 16.8 Å². The number of aromatic nitrogens is 3. The summed E-state index contributed by atoms with van der Waals surface area (Å²) in [6.07, 6.45) is -1.56. The van der Waals surface area contributed by atoms with Gasteiger partial charge in [0.15, 0.2) is 5.82 Å². The van der Waals surface area contributed by atoms with Crippen molar-refractivity contribution in [3.63, 3.8) is 0 Å². The van der Waals surface area contributed by atoms with E-state index in [1.54, 1.807) is 19.9 Å². The van der Waals surface area contributed by atoms with Crippen LogP contribution in [-0.2, 0) is 4.74 Å². The summed E-state index contributed by atoms with van der Waals surface area (Å²) in [6, 6.07) is 1.70.